The minimum absolute atomic E-state index is 0.583. The Bertz CT molecular complexity index is 768. The number of hydrogen-bond acceptors (Lipinski definition) is 0. The molecule has 1 aliphatic rings. The summed E-state index contributed by atoms with van der Waals surface area (Å²) in [5.74, 6) is 0. The van der Waals surface area contributed by atoms with Crippen molar-refractivity contribution in [2.45, 2.75) is 12.6 Å². The van der Waals surface area contributed by atoms with Crippen molar-refractivity contribution in [2.24, 2.45) is 0 Å². The van der Waals surface area contributed by atoms with Crippen LogP contribution in [0.2, 0.25) is 5.02 Å². The zero-order valence-electron chi connectivity index (χ0n) is 11.5. The Kier molecular flexibility index (Phi) is 3.61. The van der Waals surface area contributed by atoms with E-state index in [0.717, 1.165) is 40.0 Å². The smallest absolute Gasteiger partial charge is 0.166 e. The highest BCUT2D eigenvalue weighted by Gasteiger charge is 2.30. The van der Waals surface area contributed by atoms with Gasteiger partial charge in [0.25, 0.3) is 0 Å². The van der Waals surface area contributed by atoms with E-state index in [0.29, 0.717) is 11.4 Å². The number of rotatable bonds is 1. The summed E-state index contributed by atoms with van der Waals surface area (Å²) in [7, 11) is 0. The molecule has 0 saturated carbocycles. The van der Waals surface area contributed by atoms with Crippen LogP contribution in [0.1, 0.15) is 22.3 Å². The zero-order valence-corrected chi connectivity index (χ0v) is 12.3. The van der Waals surface area contributed by atoms with Crippen molar-refractivity contribution in [3.8, 4) is 0 Å². The number of halogens is 4. The van der Waals surface area contributed by atoms with Gasteiger partial charge in [0.15, 0.2) is 0 Å². The van der Waals surface area contributed by atoms with Crippen molar-refractivity contribution >= 4 is 22.7 Å². The van der Waals surface area contributed by atoms with Crippen molar-refractivity contribution in [3.63, 3.8) is 0 Å². The molecule has 0 radical (unpaired) electrons. The van der Waals surface area contributed by atoms with E-state index in [2.05, 4.69) is 6.58 Å². The Labute approximate surface area is 131 Å². The quantitative estimate of drug-likeness (QED) is 0.603. The minimum Gasteiger partial charge on any atom is -0.166 e. The second-order valence-electron chi connectivity index (χ2n) is 5.21. The maximum absolute atomic E-state index is 12.6. The third-order valence-electron chi connectivity index (χ3n) is 3.76. The normalized spacial score (nSPS) is 14.5. The Balaban J connectivity index is 1.97. The highest BCUT2D eigenvalue weighted by Crippen LogP contribution is 2.37. The molecule has 0 atom stereocenters. The fourth-order valence-corrected chi connectivity index (χ4v) is 2.87. The summed E-state index contributed by atoms with van der Waals surface area (Å²) >= 11 is 6.23. The first-order valence-electron chi connectivity index (χ1n) is 6.71. The Morgan fingerprint density at radius 2 is 1.68 bits per heavy atom. The molecule has 0 N–H and O–H groups in total. The molecule has 0 aromatic heterocycles. The van der Waals surface area contributed by atoms with Gasteiger partial charge in [-0.2, -0.15) is 13.2 Å². The summed E-state index contributed by atoms with van der Waals surface area (Å²) < 4.78 is 37.9. The maximum atomic E-state index is 12.6. The first-order chi connectivity index (χ1) is 10.4. The molecule has 4 heteroatoms. The molecular formula is C18H12ClF3. The summed E-state index contributed by atoms with van der Waals surface area (Å²) in [6.45, 7) is 4.01. The van der Waals surface area contributed by atoms with Crippen LogP contribution >= 0.6 is 11.6 Å². The molecule has 0 bridgehead atoms. The molecule has 0 spiro atoms. The molecule has 1 aliphatic carbocycles. The molecule has 112 valence electrons. The van der Waals surface area contributed by atoms with Crippen LogP contribution in [0.5, 0.6) is 0 Å². The molecule has 0 saturated heterocycles. The molecule has 0 fully saturated rings. The third-order valence-corrected chi connectivity index (χ3v) is 4.12. The molecule has 2 aromatic rings. The van der Waals surface area contributed by atoms with E-state index in [-0.39, 0.29) is 0 Å². The number of fused-ring (bicyclic) bond motifs is 1. The Morgan fingerprint density at radius 3 is 2.32 bits per heavy atom. The number of alkyl halides is 3. The molecule has 2 aromatic carbocycles. The topological polar surface area (TPSA) is 0 Å². The van der Waals surface area contributed by atoms with Gasteiger partial charge in [-0.25, -0.2) is 0 Å². The van der Waals surface area contributed by atoms with Gasteiger partial charge in [0.2, 0.25) is 0 Å². The van der Waals surface area contributed by atoms with Crippen LogP contribution in [0.3, 0.4) is 0 Å². The van der Waals surface area contributed by atoms with Crippen LogP contribution in [0.4, 0.5) is 13.2 Å². The Morgan fingerprint density at radius 1 is 1.00 bits per heavy atom. The zero-order chi connectivity index (χ0) is 15.9. The van der Waals surface area contributed by atoms with Gasteiger partial charge in [0, 0.05) is 11.4 Å². The average Bonchev–Trinajstić information content (AvgIpc) is 2.47. The van der Waals surface area contributed by atoms with Gasteiger partial charge in [-0.05, 0) is 46.0 Å². The largest absolute Gasteiger partial charge is 0.416 e. The first kappa shape index (κ1) is 14.9. The van der Waals surface area contributed by atoms with E-state index >= 15 is 0 Å². The van der Waals surface area contributed by atoms with Gasteiger partial charge >= 0.3 is 6.18 Å². The van der Waals surface area contributed by atoms with Crippen LogP contribution < -0.4 is 0 Å². The number of hydrogen-bond donors (Lipinski definition) is 0. The first-order valence-corrected chi connectivity index (χ1v) is 7.09. The van der Waals surface area contributed by atoms with E-state index in [9.17, 15) is 13.2 Å². The number of benzene rings is 2. The maximum Gasteiger partial charge on any atom is 0.416 e. The van der Waals surface area contributed by atoms with Crippen molar-refractivity contribution < 1.29 is 13.2 Å². The summed E-state index contributed by atoms with van der Waals surface area (Å²) in [5.41, 5.74) is 3.79. The second kappa shape index (κ2) is 5.33. The van der Waals surface area contributed by atoms with Crippen LogP contribution in [0.15, 0.2) is 55.1 Å². The molecule has 0 unspecified atom stereocenters. The second-order valence-corrected chi connectivity index (χ2v) is 5.62. The highest BCUT2D eigenvalue weighted by molar-refractivity contribution is 6.31. The van der Waals surface area contributed by atoms with Crippen LogP contribution in [0.25, 0.3) is 11.1 Å². The SMILES string of the molecule is C=C1C=C(c2ccc(C(F)(F)F)cc2)Cc2c(Cl)cccc21. The molecule has 0 nitrogen and oxygen atoms in total. The molecule has 22 heavy (non-hydrogen) atoms. The molecule has 0 heterocycles. The average molecular weight is 321 g/mol. The molecule has 3 rings (SSSR count). The van der Waals surface area contributed by atoms with Gasteiger partial charge in [-0.3, -0.25) is 0 Å². The molecular weight excluding hydrogens is 309 g/mol. The van der Waals surface area contributed by atoms with E-state index in [1.165, 1.54) is 12.1 Å². The summed E-state index contributed by atoms with van der Waals surface area (Å²) in [6, 6.07) is 10.8. The standard InChI is InChI=1S/C18H12ClF3/c1-11-9-13(10-16-15(11)3-2-4-17(16)19)12-5-7-14(8-6-12)18(20,21)22/h2-9H,1,10H2. The highest BCUT2D eigenvalue weighted by atomic mass is 35.5. The summed E-state index contributed by atoms with van der Waals surface area (Å²) in [4.78, 5) is 0. The van der Waals surface area contributed by atoms with Crippen molar-refractivity contribution in [3.05, 3.63) is 82.4 Å². The lowest BCUT2D eigenvalue weighted by Crippen LogP contribution is -2.06. The minimum atomic E-state index is -4.32. The summed E-state index contributed by atoms with van der Waals surface area (Å²) in [6.07, 6.45) is -1.83. The van der Waals surface area contributed by atoms with Gasteiger partial charge in [0.1, 0.15) is 0 Å². The monoisotopic (exact) mass is 320 g/mol. The van der Waals surface area contributed by atoms with Gasteiger partial charge in [-0.15, -0.1) is 0 Å². The van der Waals surface area contributed by atoms with E-state index in [1.807, 2.05) is 24.3 Å². The molecule has 0 amide bonds. The van der Waals surface area contributed by atoms with Gasteiger partial charge < -0.3 is 0 Å². The Hall–Kier alpha value is -2.00. The lowest BCUT2D eigenvalue weighted by Gasteiger charge is -2.20. The van der Waals surface area contributed by atoms with Gasteiger partial charge in [0.05, 0.1) is 5.56 Å². The fraction of sp³-hybridized carbons (Fsp3) is 0.111. The van der Waals surface area contributed by atoms with E-state index in [4.69, 9.17) is 11.6 Å². The fourth-order valence-electron chi connectivity index (χ4n) is 2.63. The third kappa shape index (κ3) is 2.69. The van der Waals surface area contributed by atoms with Crippen molar-refractivity contribution in [2.75, 3.05) is 0 Å². The molecule has 0 aliphatic heterocycles. The predicted octanol–water partition coefficient (Wildman–Crippen LogP) is 6.01. The van der Waals surface area contributed by atoms with E-state index < -0.39 is 11.7 Å². The van der Waals surface area contributed by atoms with Gasteiger partial charge in [-0.1, -0.05) is 48.5 Å². The van der Waals surface area contributed by atoms with Crippen LogP contribution in [-0.2, 0) is 12.6 Å². The lowest BCUT2D eigenvalue weighted by atomic mass is 9.85. The van der Waals surface area contributed by atoms with Crippen LogP contribution in [-0.4, -0.2) is 0 Å². The van der Waals surface area contributed by atoms with Crippen LogP contribution in [0, 0.1) is 0 Å². The lowest BCUT2D eigenvalue weighted by molar-refractivity contribution is -0.137. The summed E-state index contributed by atoms with van der Waals surface area (Å²) in [5, 5.41) is 0.649. The number of allylic oxidation sites excluding steroid dienone is 3. The predicted molar refractivity (Wildman–Crippen MR) is 83.6 cm³/mol. The van der Waals surface area contributed by atoms with E-state index in [1.54, 1.807) is 0 Å². The van der Waals surface area contributed by atoms with Crippen molar-refractivity contribution in [1.82, 2.24) is 0 Å². The van der Waals surface area contributed by atoms with Crippen molar-refractivity contribution in [1.29, 1.82) is 0 Å².